The lowest BCUT2D eigenvalue weighted by molar-refractivity contribution is -0.142. The van der Waals surface area contributed by atoms with E-state index in [1.165, 1.54) is 12.4 Å². The van der Waals surface area contributed by atoms with Gasteiger partial charge in [-0.2, -0.15) is 0 Å². The molecular weight excluding hydrogens is 230 g/mol. The van der Waals surface area contributed by atoms with Crippen molar-refractivity contribution in [3.63, 3.8) is 0 Å². The largest absolute Gasteiger partial charge is 0.480 e. The molecule has 3 rings (SSSR count). The molecule has 6 heteroatoms. The number of fused-ring (bicyclic) bond motifs is 1. The van der Waals surface area contributed by atoms with Crippen molar-refractivity contribution in [1.29, 1.82) is 0 Å². The molecule has 1 fully saturated rings. The number of nitrogens with zero attached hydrogens (tertiary/aromatic N) is 1. The van der Waals surface area contributed by atoms with Crippen molar-refractivity contribution in [2.24, 2.45) is 0 Å². The van der Waals surface area contributed by atoms with Gasteiger partial charge < -0.3 is 10.1 Å². The molecule has 4 nitrogen and oxygen atoms in total. The molecule has 0 radical (unpaired) electrons. The molecule has 1 saturated carbocycles. The molecule has 0 aliphatic heterocycles. The highest BCUT2D eigenvalue weighted by atomic mass is 19.3. The van der Waals surface area contributed by atoms with Crippen LogP contribution < -0.4 is 0 Å². The number of carboxylic acids is 1. The summed E-state index contributed by atoms with van der Waals surface area (Å²) < 4.78 is 26.8. The van der Waals surface area contributed by atoms with Gasteiger partial charge in [-0.15, -0.1) is 0 Å². The third kappa shape index (κ3) is 1.09. The maximum atomic E-state index is 13.4. The lowest BCUT2D eigenvalue weighted by Gasteiger charge is -2.09. The first-order valence-corrected chi connectivity index (χ1v) is 5.03. The summed E-state index contributed by atoms with van der Waals surface area (Å²) in [5.74, 6) is -4.68. The number of aromatic amines is 1. The van der Waals surface area contributed by atoms with Crippen LogP contribution in [0.2, 0.25) is 0 Å². The van der Waals surface area contributed by atoms with Gasteiger partial charge in [0, 0.05) is 29.8 Å². The molecule has 17 heavy (non-hydrogen) atoms. The van der Waals surface area contributed by atoms with Crippen molar-refractivity contribution >= 4 is 17.0 Å². The van der Waals surface area contributed by atoms with Gasteiger partial charge in [-0.1, -0.05) is 0 Å². The minimum absolute atomic E-state index is 0.109. The van der Waals surface area contributed by atoms with Crippen LogP contribution in [0.4, 0.5) is 8.78 Å². The van der Waals surface area contributed by atoms with Crippen molar-refractivity contribution in [2.75, 3.05) is 0 Å². The van der Waals surface area contributed by atoms with Crippen LogP contribution in [0.3, 0.4) is 0 Å². The van der Waals surface area contributed by atoms with Crippen molar-refractivity contribution in [3.05, 3.63) is 30.1 Å². The Labute approximate surface area is 94.3 Å². The zero-order valence-electron chi connectivity index (χ0n) is 8.58. The van der Waals surface area contributed by atoms with Crippen molar-refractivity contribution in [1.82, 2.24) is 9.97 Å². The summed E-state index contributed by atoms with van der Waals surface area (Å²) >= 11 is 0. The standard InChI is InChI=1S/C11H8F2N2O2/c12-11(13)5-10(11,9(16)17)7-4-15-8-6(7)2-1-3-14-8/h1-4H,5H2,(H,14,15)(H,16,17). The summed E-state index contributed by atoms with van der Waals surface area (Å²) in [6.07, 6.45) is 2.17. The summed E-state index contributed by atoms with van der Waals surface area (Å²) in [6.45, 7) is 0. The highest BCUT2D eigenvalue weighted by molar-refractivity contribution is 5.94. The number of pyridine rings is 1. The second-order valence-corrected chi connectivity index (χ2v) is 4.19. The van der Waals surface area contributed by atoms with Crippen LogP contribution >= 0.6 is 0 Å². The van der Waals surface area contributed by atoms with E-state index >= 15 is 0 Å². The van der Waals surface area contributed by atoms with E-state index in [1.54, 1.807) is 12.1 Å². The predicted octanol–water partition coefficient (Wildman–Crippen LogP) is 1.92. The zero-order chi connectivity index (χ0) is 12.3. The molecule has 2 N–H and O–H groups in total. The first kappa shape index (κ1) is 10.2. The first-order chi connectivity index (χ1) is 7.99. The average Bonchev–Trinajstić information content (AvgIpc) is 2.70. The molecule has 2 heterocycles. The number of H-pyrrole nitrogens is 1. The van der Waals surface area contributed by atoms with Crippen LogP contribution in [0.5, 0.6) is 0 Å². The van der Waals surface area contributed by atoms with Gasteiger partial charge in [0.25, 0.3) is 5.92 Å². The van der Waals surface area contributed by atoms with Crippen LogP contribution in [-0.2, 0) is 10.2 Å². The average molecular weight is 238 g/mol. The Morgan fingerprint density at radius 2 is 2.24 bits per heavy atom. The van der Waals surface area contributed by atoms with Gasteiger partial charge in [-0.05, 0) is 12.1 Å². The second kappa shape index (κ2) is 2.82. The number of carbonyl (C=O) groups is 1. The number of rotatable bonds is 2. The third-order valence-corrected chi connectivity index (χ3v) is 3.26. The SMILES string of the molecule is O=C(O)C1(c2c[nH]c3ncccc23)CC1(F)F. The molecule has 1 aliphatic rings. The molecule has 2 aromatic rings. The fraction of sp³-hybridized carbons (Fsp3) is 0.273. The van der Waals surface area contributed by atoms with Gasteiger partial charge in [-0.3, -0.25) is 4.79 Å². The quantitative estimate of drug-likeness (QED) is 0.840. The van der Waals surface area contributed by atoms with E-state index in [2.05, 4.69) is 9.97 Å². The molecule has 0 amide bonds. The van der Waals surface area contributed by atoms with Gasteiger partial charge in [0.05, 0.1) is 0 Å². The summed E-state index contributed by atoms with van der Waals surface area (Å²) in [4.78, 5) is 17.8. The number of alkyl halides is 2. The van der Waals surface area contributed by atoms with Crippen molar-refractivity contribution < 1.29 is 18.7 Å². The number of aliphatic carboxylic acids is 1. The Bertz CT molecular complexity index is 623. The summed E-state index contributed by atoms with van der Waals surface area (Å²) in [5, 5.41) is 9.49. The van der Waals surface area contributed by atoms with Gasteiger partial charge in [0.1, 0.15) is 5.65 Å². The van der Waals surface area contributed by atoms with Crippen LogP contribution in [0.25, 0.3) is 11.0 Å². The number of halogens is 2. The minimum atomic E-state index is -3.19. The Hall–Kier alpha value is -1.98. The maximum absolute atomic E-state index is 13.4. The van der Waals surface area contributed by atoms with Crippen molar-refractivity contribution in [3.8, 4) is 0 Å². The van der Waals surface area contributed by atoms with Crippen LogP contribution in [-0.4, -0.2) is 27.0 Å². The van der Waals surface area contributed by atoms with Gasteiger partial charge >= 0.3 is 5.97 Å². The predicted molar refractivity (Wildman–Crippen MR) is 55.0 cm³/mol. The number of carboxylic acid groups (broad SMARTS) is 1. The molecule has 0 bridgehead atoms. The van der Waals surface area contributed by atoms with E-state index < -0.39 is 23.7 Å². The second-order valence-electron chi connectivity index (χ2n) is 4.19. The summed E-state index contributed by atoms with van der Waals surface area (Å²) in [6, 6.07) is 3.18. The maximum Gasteiger partial charge on any atom is 0.320 e. The lowest BCUT2D eigenvalue weighted by Crippen LogP contribution is -2.26. The molecule has 0 aromatic carbocycles. The lowest BCUT2D eigenvalue weighted by atomic mass is 9.95. The summed E-state index contributed by atoms with van der Waals surface area (Å²) in [5.41, 5.74) is -1.56. The smallest absolute Gasteiger partial charge is 0.320 e. The summed E-state index contributed by atoms with van der Waals surface area (Å²) in [7, 11) is 0. The topological polar surface area (TPSA) is 66.0 Å². The molecule has 1 unspecified atom stereocenters. The molecule has 2 aromatic heterocycles. The van der Waals surface area contributed by atoms with Gasteiger partial charge in [0.2, 0.25) is 0 Å². The Morgan fingerprint density at radius 3 is 2.82 bits per heavy atom. The highest BCUT2D eigenvalue weighted by Gasteiger charge is 2.78. The van der Waals surface area contributed by atoms with E-state index in [0.29, 0.717) is 11.0 Å². The van der Waals surface area contributed by atoms with E-state index in [-0.39, 0.29) is 5.56 Å². The van der Waals surface area contributed by atoms with E-state index in [9.17, 15) is 13.6 Å². The molecule has 0 spiro atoms. The molecule has 1 aliphatic carbocycles. The zero-order valence-corrected chi connectivity index (χ0v) is 8.58. The third-order valence-electron chi connectivity index (χ3n) is 3.26. The molecule has 88 valence electrons. The molecule has 1 atom stereocenters. The van der Waals surface area contributed by atoms with Crippen LogP contribution in [0.15, 0.2) is 24.5 Å². The van der Waals surface area contributed by atoms with E-state index in [1.807, 2.05) is 0 Å². The monoisotopic (exact) mass is 238 g/mol. The van der Waals surface area contributed by atoms with Crippen molar-refractivity contribution in [2.45, 2.75) is 17.8 Å². The van der Waals surface area contributed by atoms with Gasteiger partial charge in [-0.25, -0.2) is 13.8 Å². The molecule has 0 saturated heterocycles. The number of hydrogen-bond acceptors (Lipinski definition) is 2. The highest BCUT2D eigenvalue weighted by Crippen LogP contribution is 2.62. The Kier molecular flexibility index (Phi) is 1.69. The fourth-order valence-electron chi connectivity index (χ4n) is 2.24. The normalized spacial score (nSPS) is 26.0. The fourth-order valence-corrected chi connectivity index (χ4v) is 2.24. The minimum Gasteiger partial charge on any atom is -0.480 e. The van der Waals surface area contributed by atoms with Gasteiger partial charge in [0.15, 0.2) is 5.41 Å². The Morgan fingerprint density at radius 1 is 1.53 bits per heavy atom. The first-order valence-electron chi connectivity index (χ1n) is 5.03. The van der Waals surface area contributed by atoms with Crippen LogP contribution in [0.1, 0.15) is 12.0 Å². The molecular formula is C11H8F2N2O2. The number of hydrogen-bond donors (Lipinski definition) is 2. The van der Waals surface area contributed by atoms with Crippen LogP contribution in [0, 0.1) is 0 Å². The number of aromatic nitrogens is 2. The number of nitrogens with one attached hydrogen (secondary N) is 1. The van der Waals surface area contributed by atoms with E-state index in [0.717, 1.165) is 0 Å². The Balaban J connectivity index is 2.25. The van der Waals surface area contributed by atoms with E-state index in [4.69, 9.17) is 5.11 Å².